The Morgan fingerprint density at radius 1 is 1.15 bits per heavy atom. The first kappa shape index (κ1) is 13.9. The standard InChI is InChI=1S/C14H11ClN2O3/c15-10-3-1-9(2-4-10)8-16-17-14(20)12-6-5-11(18)7-13(12)19/h1-8,18-19H,(H,17,20)/b16-8-. The Kier molecular flexibility index (Phi) is 4.22. The lowest BCUT2D eigenvalue weighted by Crippen LogP contribution is -2.17. The molecule has 3 N–H and O–H groups in total. The van der Waals surface area contributed by atoms with Crippen molar-refractivity contribution in [3.05, 3.63) is 58.6 Å². The predicted octanol–water partition coefficient (Wildman–Crippen LogP) is 2.52. The van der Waals surface area contributed by atoms with Gasteiger partial charge in [0.25, 0.3) is 5.91 Å². The van der Waals surface area contributed by atoms with Crippen molar-refractivity contribution in [3.8, 4) is 11.5 Å². The van der Waals surface area contributed by atoms with Crippen LogP contribution in [0.15, 0.2) is 47.6 Å². The largest absolute Gasteiger partial charge is 0.508 e. The monoisotopic (exact) mass is 290 g/mol. The number of nitrogens with zero attached hydrogens (tertiary/aromatic N) is 1. The highest BCUT2D eigenvalue weighted by Crippen LogP contribution is 2.22. The molecule has 0 aromatic heterocycles. The van der Waals surface area contributed by atoms with E-state index in [-0.39, 0.29) is 17.1 Å². The van der Waals surface area contributed by atoms with Crippen molar-refractivity contribution in [2.75, 3.05) is 0 Å². The summed E-state index contributed by atoms with van der Waals surface area (Å²) < 4.78 is 0. The number of carbonyl (C=O) groups is 1. The maximum absolute atomic E-state index is 11.7. The van der Waals surface area contributed by atoms with Crippen molar-refractivity contribution in [3.63, 3.8) is 0 Å². The summed E-state index contributed by atoms with van der Waals surface area (Å²) in [4.78, 5) is 11.7. The molecule has 6 heteroatoms. The quantitative estimate of drug-likeness (QED) is 0.600. The normalized spacial score (nSPS) is 10.7. The van der Waals surface area contributed by atoms with Crippen LogP contribution in [0.2, 0.25) is 5.02 Å². The van der Waals surface area contributed by atoms with Crippen LogP contribution in [0.25, 0.3) is 0 Å². The van der Waals surface area contributed by atoms with Crippen molar-refractivity contribution in [1.29, 1.82) is 0 Å². The Labute approximate surface area is 120 Å². The maximum Gasteiger partial charge on any atom is 0.275 e. The van der Waals surface area contributed by atoms with E-state index in [1.165, 1.54) is 18.3 Å². The molecule has 0 bridgehead atoms. The topological polar surface area (TPSA) is 81.9 Å². The Balaban J connectivity index is 2.03. The number of carbonyl (C=O) groups excluding carboxylic acids is 1. The lowest BCUT2D eigenvalue weighted by Gasteiger charge is -2.03. The minimum Gasteiger partial charge on any atom is -0.508 e. The van der Waals surface area contributed by atoms with Crippen molar-refractivity contribution in [1.82, 2.24) is 5.43 Å². The van der Waals surface area contributed by atoms with Gasteiger partial charge in [0, 0.05) is 11.1 Å². The van der Waals surface area contributed by atoms with Crippen LogP contribution in [-0.2, 0) is 0 Å². The zero-order valence-electron chi connectivity index (χ0n) is 10.2. The molecule has 20 heavy (non-hydrogen) atoms. The first-order valence-corrected chi connectivity index (χ1v) is 6.05. The summed E-state index contributed by atoms with van der Waals surface area (Å²) in [7, 11) is 0. The van der Waals surface area contributed by atoms with Crippen LogP contribution in [0.4, 0.5) is 0 Å². The minimum absolute atomic E-state index is 0.0241. The number of halogens is 1. The Morgan fingerprint density at radius 3 is 2.50 bits per heavy atom. The number of hydrogen-bond donors (Lipinski definition) is 3. The van der Waals surface area contributed by atoms with E-state index in [1.54, 1.807) is 24.3 Å². The van der Waals surface area contributed by atoms with Gasteiger partial charge in [-0.15, -0.1) is 0 Å². The number of benzene rings is 2. The van der Waals surface area contributed by atoms with Crippen LogP contribution in [0.3, 0.4) is 0 Å². The summed E-state index contributed by atoms with van der Waals surface area (Å²) in [6.07, 6.45) is 1.45. The lowest BCUT2D eigenvalue weighted by molar-refractivity contribution is 0.0952. The van der Waals surface area contributed by atoms with Gasteiger partial charge in [0.15, 0.2) is 0 Å². The Bertz CT molecular complexity index is 654. The van der Waals surface area contributed by atoms with Crippen LogP contribution < -0.4 is 5.43 Å². The van der Waals surface area contributed by atoms with Gasteiger partial charge in [-0.3, -0.25) is 4.79 Å². The number of nitrogens with one attached hydrogen (secondary N) is 1. The molecule has 0 unspecified atom stereocenters. The summed E-state index contributed by atoms with van der Waals surface area (Å²) in [6, 6.07) is 10.6. The molecule has 0 aliphatic rings. The van der Waals surface area contributed by atoms with Crippen molar-refractivity contribution >= 4 is 23.7 Å². The number of rotatable bonds is 3. The SMILES string of the molecule is O=C(N/N=C\c1ccc(Cl)cc1)c1ccc(O)cc1O. The van der Waals surface area contributed by atoms with Crippen molar-refractivity contribution < 1.29 is 15.0 Å². The van der Waals surface area contributed by atoms with E-state index in [1.807, 2.05) is 0 Å². The van der Waals surface area contributed by atoms with Gasteiger partial charge in [-0.05, 0) is 29.8 Å². The number of phenols is 2. The van der Waals surface area contributed by atoms with Crippen molar-refractivity contribution in [2.24, 2.45) is 5.10 Å². The van der Waals surface area contributed by atoms with Gasteiger partial charge in [-0.25, -0.2) is 5.43 Å². The zero-order chi connectivity index (χ0) is 14.5. The Morgan fingerprint density at radius 2 is 1.85 bits per heavy atom. The van der Waals surface area contributed by atoms with E-state index in [0.717, 1.165) is 11.6 Å². The van der Waals surface area contributed by atoms with Crippen LogP contribution in [-0.4, -0.2) is 22.3 Å². The fourth-order valence-corrected chi connectivity index (χ4v) is 1.61. The first-order chi connectivity index (χ1) is 9.56. The number of aromatic hydroxyl groups is 2. The molecule has 0 saturated heterocycles. The second kappa shape index (κ2) is 6.08. The van der Waals surface area contributed by atoms with Gasteiger partial charge in [0.1, 0.15) is 11.5 Å². The van der Waals surface area contributed by atoms with E-state index in [4.69, 9.17) is 16.7 Å². The van der Waals surface area contributed by atoms with Gasteiger partial charge in [-0.2, -0.15) is 5.10 Å². The molecule has 1 amide bonds. The molecule has 0 aliphatic carbocycles. The lowest BCUT2D eigenvalue weighted by atomic mass is 10.2. The summed E-state index contributed by atoms with van der Waals surface area (Å²) >= 11 is 5.74. The number of phenolic OH excluding ortho intramolecular Hbond substituents is 2. The second-order valence-corrected chi connectivity index (χ2v) is 4.39. The highest BCUT2D eigenvalue weighted by Gasteiger charge is 2.10. The molecule has 0 saturated carbocycles. The van der Waals surface area contributed by atoms with Gasteiger partial charge < -0.3 is 10.2 Å². The van der Waals surface area contributed by atoms with Crippen LogP contribution >= 0.6 is 11.6 Å². The smallest absolute Gasteiger partial charge is 0.275 e. The summed E-state index contributed by atoms with van der Waals surface area (Å²) in [5.41, 5.74) is 3.07. The van der Waals surface area contributed by atoms with Crippen LogP contribution in [0, 0.1) is 0 Å². The van der Waals surface area contributed by atoms with E-state index in [2.05, 4.69) is 10.5 Å². The molecule has 0 aliphatic heterocycles. The van der Waals surface area contributed by atoms with Gasteiger partial charge in [0.05, 0.1) is 11.8 Å². The molecule has 0 spiro atoms. The molecule has 2 aromatic carbocycles. The number of hydrazone groups is 1. The molecule has 102 valence electrons. The fourth-order valence-electron chi connectivity index (χ4n) is 1.49. The third kappa shape index (κ3) is 3.49. The summed E-state index contributed by atoms with van der Waals surface area (Å²) in [6.45, 7) is 0. The molecule has 2 aromatic rings. The highest BCUT2D eigenvalue weighted by molar-refractivity contribution is 6.30. The van der Waals surface area contributed by atoms with E-state index in [0.29, 0.717) is 5.02 Å². The summed E-state index contributed by atoms with van der Waals surface area (Å²) in [5, 5.41) is 23.0. The molecule has 5 nitrogen and oxygen atoms in total. The van der Waals surface area contributed by atoms with Crippen molar-refractivity contribution in [2.45, 2.75) is 0 Å². The van der Waals surface area contributed by atoms with E-state index >= 15 is 0 Å². The molecule has 0 fully saturated rings. The highest BCUT2D eigenvalue weighted by atomic mass is 35.5. The minimum atomic E-state index is -0.576. The molecule has 0 radical (unpaired) electrons. The average Bonchev–Trinajstić information content (AvgIpc) is 2.41. The first-order valence-electron chi connectivity index (χ1n) is 5.67. The van der Waals surface area contributed by atoms with Crippen LogP contribution in [0.5, 0.6) is 11.5 Å². The number of hydrogen-bond acceptors (Lipinski definition) is 4. The van der Waals surface area contributed by atoms with E-state index in [9.17, 15) is 9.90 Å². The van der Waals surface area contributed by atoms with Gasteiger partial charge in [-0.1, -0.05) is 23.7 Å². The zero-order valence-corrected chi connectivity index (χ0v) is 11.0. The fraction of sp³-hybridized carbons (Fsp3) is 0. The van der Waals surface area contributed by atoms with Crippen LogP contribution in [0.1, 0.15) is 15.9 Å². The third-order valence-electron chi connectivity index (χ3n) is 2.48. The molecular formula is C14H11ClN2O3. The van der Waals surface area contributed by atoms with Gasteiger partial charge >= 0.3 is 0 Å². The average molecular weight is 291 g/mol. The van der Waals surface area contributed by atoms with Gasteiger partial charge in [0.2, 0.25) is 0 Å². The molecule has 0 heterocycles. The van der Waals surface area contributed by atoms with E-state index < -0.39 is 5.91 Å². The molecule has 0 atom stereocenters. The number of amides is 1. The predicted molar refractivity (Wildman–Crippen MR) is 76.3 cm³/mol. The summed E-state index contributed by atoms with van der Waals surface area (Å²) in [5.74, 6) is -1.01. The Hall–Kier alpha value is -2.53. The molecule has 2 rings (SSSR count). The third-order valence-corrected chi connectivity index (χ3v) is 2.73. The molecular weight excluding hydrogens is 280 g/mol. The second-order valence-electron chi connectivity index (χ2n) is 3.95. The maximum atomic E-state index is 11.7.